The summed E-state index contributed by atoms with van der Waals surface area (Å²) >= 11 is 2.09. The molecule has 3 aliphatic rings. The monoisotopic (exact) mass is 226 g/mol. The molecule has 15 heavy (non-hydrogen) atoms. The maximum atomic E-state index is 10.6. The third kappa shape index (κ3) is 1.84. The molecule has 2 unspecified atom stereocenters. The summed E-state index contributed by atoms with van der Waals surface area (Å²) in [6.07, 6.45) is 9.18. The summed E-state index contributed by atoms with van der Waals surface area (Å²) in [6, 6.07) is 0. The Morgan fingerprint density at radius 2 is 1.60 bits per heavy atom. The smallest absolute Gasteiger partial charge is 0.0713 e. The van der Waals surface area contributed by atoms with E-state index < -0.39 is 0 Å². The Balaban J connectivity index is 1.58. The van der Waals surface area contributed by atoms with Crippen molar-refractivity contribution in [2.24, 2.45) is 17.8 Å². The zero-order chi connectivity index (χ0) is 10.3. The Labute approximate surface area is 97.0 Å². The highest BCUT2D eigenvalue weighted by atomic mass is 32.2. The van der Waals surface area contributed by atoms with Crippen molar-refractivity contribution in [2.45, 2.75) is 50.5 Å². The standard InChI is InChI=1S/C13H22OS/c14-13(9-10-5-7-15-8-6-10)11-3-1-2-4-12(11)13/h10-12,14H,1-9H2. The van der Waals surface area contributed by atoms with Gasteiger partial charge in [-0.3, -0.25) is 0 Å². The normalized spacial score (nSPS) is 46.2. The van der Waals surface area contributed by atoms with Crippen LogP contribution in [-0.2, 0) is 0 Å². The summed E-state index contributed by atoms with van der Waals surface area (Å²) in [6.45, 7) is 0. The van der Waals surface area contributed by atoms with Gasteiger partial charge in [-0.25, -0.2) is 0 Å². The molecule has 0 aromatic rings. The molecule has 2 saturated carbocycles. The van der Waals surface area contributed by atoms with Crippen molar-refractivity contribution in [3.05, 3.63) is 0 Å². The molecule has 0 radical (unpaired) electrons. The van der Waals surface area contributed by atoms with E-state index in [1.54, 1.807) is 0 Å². The SMILES string of the molecule is OC1(CC2CCSCC2)C2CCCCC21. The lowest BCUT2D eigenvalue weighted by atomic mass is 9.92. The second-order valence-electron chi connectivity index (χ2n) is 5.75. The summed E-state index contributed by atoms with van der Waals surface area (Å²) in [4.78, 5) is 0. The summed E-state index contributed by atoms with van der Waals surface area (Å²) in [7, 11) is 0. The third-order valence-electron chi connectivity index (χ3n) is 4.90. The summed E-state index contributed by atoms with van der Waals surface area (Å²) < 4.78 is 0. The fourth-order valence-corrected chi connectivity index (χ4v) is 5.14. The summed E-state index contributed by atoms with van der Waals surface area (Å²) in [5, 5.41) is 10.6. The fourth-order valence-electron chi connectivity index (χ4n) is 3.93. The van der Waals surface area contributed by atoms with Crippen molar-refractivity contribution in [1.82, 2.24) is 0 Å². The number of aliphatic hydroxyl groups is 1. The quantitative estimate of drug-likeness (QED) is 0.781. The van der Waals surface area contributed by atoms with Crippen LogP contribution in [-0.4, -0.2) is 22.2 Å². The van der Waals surface area contributed by atoms with Crippen LogP contribution in [0.2, 0.25) is 0 Å². The molecule has 0 aromatic carbocycles. The van der Waals surface area contributed by atoms with E-state index >= 15 is 0 Å². The molecule has 3 fully saturated rings. The van der Waals surface area contributed by atoms with Crippen LogP contribution < -0.4 is 0 Å². The molecule has 1 saturated heterocycles. The van der Waals surface area contributed by atoms with Crippen LogP contribution in [0.25, 0.3) is 0 Å². The van der Waals surface area contributed by atoms with Gasteiger partial charge >= 0.3 is 0 Å². The average molecular weight is 226 g/mol. The van der Waals surface area contributed by atoms with Gasteiger partial charge in [0.2, 0.25) is 0 Å². The zero-order valence-corrected chi connectivity index (χ0v) is 10.3. The summed E-state index contributed by atoms with van der Waals surface area (Å²) in [5.74, 6) is 4.88. The largest absolute Gasteiger partial charge is 0.389 e. The zero-order valence-electron chi connectivity index (χ0n) is 9.45. The summed E-state index contributed by atoms with van der Waals surface area (Å²) in [5.41, 5.74) is -0.205. The van der Waals surface area contributed by atoms with Crippen molar-refractivity contribution in [1.29, 1.82) is 0 Å². The highest BCUT2D eigenvalue weighted by Crippen LogP contribution is 2.61. The molecule has 1 aliphatic heterocycles. The molecule has 1 N–H and O–H groups in total. The number of hydrogen-bond donors (Lipinski definition) is 1. The number of thioether (sulfide) groups is 1. The van der Waals surface area contributed by atoms with E-state index in [0.717, 1.165) is 12.3 Å². The lowest BCUT2D eigenvalue weighted by Crippen LogP contribution is -2.21. The molecule has 1 heterocycles. The predicted octanol–water partition coefficient (Wildman–Crippen LogP) is 3.07. The molecule has 0 aromatic heterocycles. The maximum Gasteiger partial charge on any atom is 0.0713 e. The first-order chi connectivity index (χ1) is 7.31. The molecule has 2 aliphatic carbocycles. The van der Waals surface area contributed by atoms with Crippen LogP contribution in [0.5, 0.6) is 0 Å². The first-order valence-corrected chi connectivity index (χ1v) is 7.76. The van der Waals surface area contributed by atoms with Gasteiger partial charge in [0.05, 0.1) is 5.60 Å². The van der Waals surface area contributed by atoms with E-state index in [2.05, 4.69) is 11.8 Å². The van der Waals surface area contributed by atoms with E-state index in [-0.39, 0.29) is 5.60 Å². The maximum absolute atomic E-state index is 10.6. The fraction of sp³-hybridized carbons (Fsp3) is 1.00. The van der Waals surface area contributed by atoms with Gasteiger partial charge in [-0.15, -0.1) is 0 Å². The van der Waals surface area contributed by atoms with Crippen LogP contribution in [0.1, 0.15) is 44.9 Å². The molecule has 0 bridgehead atoms. The van der Waals surface area contributed by atoms with Crippen molar-refractivity contribution in [3.63, 3.8) is 0 Å². The van der Waals surface area contributed by atoms with Gasteiger partial charge in [-0.2, -0.15) is 11.8 Å². The first kappa shape index (κ1) is 10.5. The van der Waals surface area contributed by atoms with Crippen molar-refractivity contribution in [3.8, 4) is 0 Å². The number of hydrogen-bond acceptors (Lipinski definition) is 2. The van der Waals surface area contributed by atoms with E-state index in [9.17, 15) is 5.11 Å². The molecule has 0 spiro atoms. The number of rotatable bonds is 2. The molecular weight excluding hydrogens is 204 g/mol. The highest BCUT2D eigenvalue weighted by Gasteiger charge is 2.63. The van der Waals surface area contributed by atoms with Gasteiger partial charge < -0.3 is 5.11 Å². The third-order valence-corrected chi connectivity index (χ3v) is 5.95. The van der Waals surface area contributed by atoms with Gasteiger partial charge in [0.15, 0.2) is 0 Å². The van der Waals surface area contributed by atoms with Crippen LogP contribution >= 0.6 is 11.8 Å². The lowest BCUT2D eigenvalue weighted by molar-refractivity contribution is 0.0863. The van der Waals surface area contributed by atoms with Crippen LogP contribution in [0.15, 0.2) is 0 Å². The van der Waals surface area contributed by atoms with Crippen molar-refractivity contribution in [2.75, 3.05) is 11.5 Å². The van der Waals surface area contributed by atoms with Gasteiger partial charge in [0, 0.05) is 0 Å². The van der Waals surface area contributed by atoms with E-state index in [0.29, 0.717) is 11.8 Å². The Morgan fingerprint density at radius 3 is 2.20 bits per heavy atom. The van der Waals surface area contributed by atoms with E-state index in [4.69, 9.17) is 0 Å². The minimum Gasteiger partial charge on any atom is -0.389 e. The van der Waals surface area contributed by atoms with Gasteiger partial charge in [-0.1, -0.05) is 12.8 Å². The average Bonchev–Trinajstić information content (AvgIpc) is 2.87. The first-order valence-electron chi connectivity index (χ1n) is 6.61. The second-order valence-corrected chi connectivity index (χ2v) is 6.97. The Hall–Kier alpha value is 0.310. The lowest BCUT2D eigenvalue weighted by Gasteiger charge is -2.24. The minimum absolute atomic E-state index is 0.205. The van der Waals surface area contributed by atoms with Crippen molar-refractivity contribution < 1.29 is 5.11 Å². The molecule has 86 valence electrons. The van der Waals surface area contributed by atoms with Crippen LogP contribution in [0.4, 0.5) is 0 Å². The molecule has 2 heteroatoms. The number of fused-ring (bicyclic) bond motifs is 1. The van der Waals surface area contributed by atoms with Gasteiger partial charge in [0.1, 0.15) is 0 Å². The Kier molecular flexibility index (Phi) is 2.76. The molecule has 3 rings (SSSR count). The van der Waals surface area contributed by atoms with Gasteiger partial charge in [0.25, 0.3) is 0 Å². The highest BCUT2D eigenvalue weighted by molar-refractivity contribution is 7.99. The van der Waals surface area contributed by atoms with Crippen LogP contribution in [0.3, 0.4) is 0 Å². The van der Waals surface area contributed by atoms with Crippen molar-refractivity contribution >= 4 is 11.8 Å². The molecule has 2 atom stereocenters. The molecule has 0 amide bonds. The minimum atomic E-state index is -0.205. The van der Waals surface area contributed by atoms with E-state index in [1.807, 2.05) is 0 Å². The molecular formula is C13H22OS. The topological polar surface area (TPSA) is 20.2 Å². The second kappa shape index (κ2) is 3.96. The predicted molar refractivity (Wildman–Crippen MR) is 65.1 cm³/mol. The Bertz CT molecular complexity index is 223. The Morgan fingerprint density at radius 1 is 1.00 bits per heavy atom. The molecule has 1 nitrogen and oxygen atoms in total. The van der Waals surface area contributed by atoms with Crippen LogP contribution in [0, 0.1) is 17.8 Å². The van der Waals surface area contributed by atoms with Gasteiger partial charge in [-0.05, 0) is 61.4 Å². The van der Waals surface area contributed by atoms with E-state index in [1.165, 1.54) is 50.0 Å².